The molecule has 0 saturated carbocycles. The molecule has 2 aliphatic rings. The third kappa shape index (κ3) is 4.24. The maximum atomic E-state index is 13.5. The van der Waals surface area contributed by atoms with E-state index in [4.69, 9.17) is 0 Å². The van der Waals surface area contributed by atoms with Gasteiger partial charge in [-0.3, -0.25) is 9.59 Å². The van der Waals surface area contributed by atoms with Gasteiger partial charge in [-0.15, -0.1) is 0 Å². The molecule has 1 aliphatic carbocycles. The Morgan fingerprint density at radius 1 is 1.10 bits per heavy atom. The van der Waals surface area contributed by atoms with Crippen molar-refractivity contribution < 1.29 is 22.8 Å². The van der Waals surface area contributed by atoms with Crippen molar-refractivity contribution in [1.82, 2.24) is 0 Å². The molecule has 164 valence electrons. The number of hydrogen-bond donors (Lipinski definition) is 1. The van der Waals surface area contributed by atoms with E-state index in [2.05, 4.69) is 5.32 Å². The molecule has 1 N–H and O–H groups in total. The van der Waals surface area contributed by atoms with Crippen LogP contribution in [0.5, 0.6) is 0 Å². The zero-order valence-corrected chi connectivity index (χ0v) is 17.4. The summed E-state index contributed by atoms with van der Waals surface area (Å²) in [6, 6.07) is 9.66. The third-order valence-electron chi connectivity index (χ3n) is 5.97. The molecule has 2 aromatic rings. The van der Waals surface area contributed by atoms with E-state index in [1.807, 2.05) is 18.2 Å². The fourth-order valence-electron chi connectivity index (χ4n) is 4.25. The van der Waals surface area contributed by atoms with Crippen LogP contribution in [-0.2, 0) is 28.6 Å². The van der Waals surface area contributed by atoms with Gasteiger partial charge in [0.2, 0.25) is 11.8 Å². The number of nitrogens with one attached hydrogen (secondary N) is 1. The summed E-state index contributed by atoms with van der Waals surface area (Å²) in [7, 11) is 3.29. The van der Waals surface area contributed by atoms with Gasteiger partial charge in [-0.1, -0.05) is 6.07 Å². The average Bonchev–Trinajstić information content (AvgIpc) is 3.33. The molecule has 4 rings (SSSR count). The van der Waals surface area contributed by atoms with Gasteiger partial charge in [-0.05, 0) is 60.7 Å². The van der Waals surface area contributed by atoms with Gasteiger partial charge < -0.3 is 15.1 Å². The van der Waals surface area contributed by atoms with Crippen LogP contribution in [-0.4, -0.2) is 32.5 Å². The van der Waals surface area contributed by atoms with Crippen molar-refractivity contribution in [3.63, 3.8) is 0 Å². The number of carbonyl (C=O) groups is 2. The van der Waals surface area contributed by atoms with Gasteiger partial charge in [-0.25, -0.2) is 0 Å². The summed E-state index contributed by atoms with van der Waals surface area (Å²) in [5, 5.41) is 2.40. The number of carbonyl (C=O) groups excluding carboxylic acids is 2. The topological polar surface area (TPSA) is 52.7 Å². The van der Waals surface area contributed by atoms with E-state index in [-0.39, 0.29) is 24.6 Å². The van der Waals surface area contributed by atoms with E-state index in [0.717, 1.165) is 31.0 Å². The molecule has 1 heterocycles. The average molecular weight is 431 g/mol. The first kappa shape index (κ1) is 21.2. The molecule has 5 nitrogen and oxygen atoms in total. The molecular weight excluding hydrogens is 407 g/mol. The normalized spacial score (nSPS) is 18.3. The third-order valence-corrected chi connectivity index (χ3v) is 5.97. The van der Waals surface area contributed by atoms with Crippen molar-refractivity contribution in [3.05, 3.63) is 53.1 Å². The van der Waals surface area contributed by atoms with Crippen molar-refractivity contribution in [2.45, 2.75) is 31.9 Å². The lowest BCUT2D eigenvalue weighted by molar-refractivity contribution is -0.137. The number of hydrogen-bond acceptors (Lipinski definition) is 3. The van der Waals surface area contributed by atoms with Crippen LogP contribution in [0.1, 0.15) is 29.5 Å². The summed E-state index contributed by atoms with van der Waals surface area (Å²) in [4.78, 5) is 28.4. The Kier molecular flexibility index (Phi) is 5.41. The number of anilines is 3. The van der Waals surface area contributed by atoms with E-state index in [1.165, 1.54) is 23.3 Å². The first-order valence-corrected chi connectivity index (χ1v) is 10.2. The van der Waals surface area contributed by atoms with Crippen LogP contribution in [0.25, 0.3) is 0 Å². The maximum absolute atomic E-state index is 13.5. The number of fused-ring (bicyclic) bond motifs is 1. The fraction of sp³-hybridized carbons (Fsp3) is 0.391. The second kappa shape index (κ2) is 7.90. The highest BCUT2D eigenvalue weighted by molar-refractivity contribution is 6.03. The Balaban J connectivity index is 1.51. The minimum atomic E-state index is -4.61. The van der Waals surface area contributed by atoms with Crippen molar-refractivity contribution >= 4 is 28.9 Å². The summed E-state index contributed by atoms with van der Waals surface area (Å²) in [5.74, 6) is -1.49. The van der Waals surface area contributed by atoms with Crippen molar-refractivity contribution in [2.75, 3.05) is 35.8 Å². The predicted molar refractivity (Wildman–Crippen MR) is 113 cm³/mol. The summed E-state index contributed by atoms with van der Waals surface area (Å²) >= 11 is 0. The van der Waals surface area contributed by atoms with Gasteiger partial charge in [0, 0.05) is 38.4 Å². The molecule has 1 aliphatic heterocycles. The molecule has 0 unspecified atom stereocenters. The van der Waals surface area contributed by atoms with Crippen LogP contribution in [0.15, 0.2) is 36.4 Å². The molecule has 0 bridgehead atoms. The van der Waals surface area contributed by atoms with Gasteiger partial charge in [-0.2, -0.15) is 13.2 Å². The smallest absolute Gasteiger partial charge is 0.378 e. The van der Waals surface area contributed by atoms with Gasteiger partial charge >= 0.3 is 6.18 Å². The maximum Gasteiger partial charge on any atom is 0.418 e. The van der Waals surface area contributed by atoms with Gasteiger partial charge in [0.25, 0.3) is 0 Å². The van der Waals surface area contributed by atoms with Gasteiger partial charge in [0.05, 0.1) is 17.2 Å². The fourth-order valence-corrected chi connectivity index (χ4v) is 4.25. The zero-order valence-electron chi connectivity index (χ0n) is 17.4. The Bertz CT molecular complexity index is 1030. The molecule has 1 atom stereocenters. The molecule has 8 heteroatoms. The monoisotopic (exact) mass is 431 g/mol. The first-order chi connectivity index (χ1) is 14.6. The summed E-state index contributed by atoms with van der Waals surface area (Å²) < 4.78 is 40.6. The molecular formula is C23H24F3N3O2. The van der Waals surface area contributed by atoms with Crippen LogP contribution in [0.3, 0.4) is 0 Å². The van der Waals surface area contributed by atoms with Crippen LogP contribution in [0, 0.1) is 5.92 Å². The highest BCUT2D eigenvalue weighted by Gasteiger charge is 2.38. The lowest BCUT2D eigenvalue weighted by Crippen LogP contribution is -2.28. The molecule has 2 amide bonds. The van der Waals surface area contributed by atoms with E-state index < -0.39 is 23.6 Å². The minimum absolute atomic E-state index is 0.0277. The highest BCUT2D eigenvalue weighted by Crippen LogP contribution is 2.38. The number of amides is 2. The van der Waals surface area contributed by atoms with Crippen molar-refractivity contribution in [3.8, 4) is 0 Å². The minimum Gasteiger partial charge on any atom is -0.378 e. The largest absolute Gasteiger partial charge is 0.418 e. The number of alkyl halides is 3. The number of nitrogens with zero attached hydrogens (tertiary/aromatic N) is 2. The predicted octanol–water partition coefficient (Wildman–Crippen LogP) is 4.25. The molecule has 0 radical (unpaired) electrons. The van der Waals surface area contributed by atoms with Crippen LogP contribution >= 0.6 is 0 Å². The number of benzene rings is 2. The van der Waals surface area contributed by atoms with Crippen LogP contribution in [0.4, 0.5) is 30.2 Å². The lowest BCUT2D eigenvalue weighted by atomic mass is 10.1. The highest BCUT2D eigenvalue weighted by atomic mass is 19.4. The quantitative estimate of drug-likeness (QED) is 0.788. The molecule has 1 saturated heterocycles. The standard InChI is InChI=1S/C23H24F3N3O2/c1-28(2)17-8-9-20(19(12-17)23(24,25)26)27-22(31)16-11-21(30)29(13-16)18-7-6-14-4-3-5-15(14)10-18/h6-10,12,16H,3-5,11,13H2,1-2H3,(H,27,31)/t16-/m1/s1. The Hall–Kier alpha value is -3.03. The number of halogens is 3. The molecule has 1 fully saturated rings. The van der Waals surface area contributed by atoms with Gasteiger partial charge in [0.1, 0.15) is 0 Å². The SMILES string of the molecule is CN(C)c1ccc(NC(=O)[C@@H]2CC(=O)N(c3ccc4c(c3)CCC4)C2)c(C(F)(F)F)c1. The van der Waals surface area contributed by atoms with Crippen LogP contribution < -0.4 is 15.1 Å². The summed E-state index contributed by atoms with van der Waals surface area (Å²) in [6.07, 6.45) is -1.55. The second-order valence-corrected chi connectivity index (χ2v) is 8.32. The van der Waals surface area contributed by atoms with Crippen LogP contribution in [0.2, 0.25) is 0 Å². The molecule has 0 aromatic heterocycles. The van der Waals surface area contributed by atoms with E-state index in [9.17, 15) is 22.8 Å². The summed E-state index contributed by atoms with van der Waals surface area (Å²) in [6.45, 7) is 0.153. The number of aryl methyl sites for hydroxylation is 2. The summed E-state index contributed by atoms with van der Waals surface area (Å²) in [5.41, 5.74) is 2.41. The molecule has 31 heavy (non-hydrogen) atoms. The van der Waals surface area contributed by atoms with E-state index in [0.29, 0.717) is 5.69 Å². The lowest BCUT2D eigenvalue weighted by Gasteiger charge is -2.20. The Morgan fingerprint density at radius 2 is 1.84 bits per heavy atom. The Morgan fingerprint density at radius 3 is 2.55 bits per heavy atom. The zero-order chi connectivity index (χ0) is 22.3. The van der Waals surface area contributed by atoms with Gasteiger partial charge in [0.15, 0.2) is 0 Å². The van der Waals surface area contributed by atoms with E-state index in [1.54, 1.807) is 23.9 Å². The first-order valence-electron chi connectivity index (χ1n) is 10.2. The molecule has 0 spiro atoms. The van der Waals surface area contributed by atoms with Crippen molar-refractivity contribution in [2.24, 2.45) is 5.92 Å². The number of rotatable bonds is 4. The van der Waals surface area contributed by atoms with Crippen molar-refractivity contribution in [1.29, 1.82) is 0 Å². The van der Waals surface area contributed by atoms with E-state index >= 15 is 0 Å². The molecule has 2 aromatic carbocycles. The second-order valence-electron chi connectivity index (χ2n) is 8.32. The Labute approximate surface area is 178 Å².